The zero-order valence-electron chi connectivity index (χ0n) is 11.4. The molecule has 1 heterocycles. The van der Waals surface area contributed by atoms with Gasteiger partial charge >= 0.3 is 0 Å². The minimum atomic E-state index is -0.586. The lowest BCUT2D eigenvalue weighted by Gasteiger charge is -2.16. The Bertz CT molecular complexity index is 573. The monoisotopic (exact) mass is 309 g/mol. The topological polar surface area (TPSA) is 85.1 Å². The summed E-state index contributed by atoms with van der Waals surface area (Å²) in [7, 11) is 0. The summed E-state index contributed by atoms with van der Waals surface area (Å²) in [5.74, 6) is 1.62. The number of aromatic nitrogens is 1. The molecule has 2 fully saturated rings. The van der Waals surface area contributed by atoms with Crippen molar-refractivity contribution in [2.75, 3.05) is 6.54 Å². The van der Waals surface area contributed by atoms with Crippen molar-refractivity contribution in [1.82, 2.24) is 10.3 Å². The standard InChI is InChI=1S/C14H16ClN3O3/c15-13-11(5-10(6-16-13)18(20)21)14(19)17-7-12(8-1-2-8)9-3-4-9/h5-6,8-9,12H,1-4,7H2,(H,17,19). The molecule has 2 aliphatic rings. The molecule has 0 aliphatic heterocycles. The maximum Gasteiger partial charge on any atom is 0.288 e. The van der Waals surface area contributed by atoms with Gasteiger partial charge in [-0.3, -0.25) is 14.9 Å². The van der Waals surface area contributed by atoms with Gasteiger partial charge in [0.05, 0.1) is 10.5 Å². The Morgan fingerprint density at radius 2 is 2.05 bits per heavy atom. The molecule has 6 nitrogen and oxygen atoms in total. The van der Waals surface area contributed by atoms with Gasteiger partial charge in [-0.25, -0.2) is 4.98 Å². The third-order valence-electron chi connectivity index (χ3n) is 4.23. The number of nitrogens with one attached hydrogen (secondary N) is 1. The second-order valence-corrected chi connectivity index (χ2v) is 6.20. The smallest absolute Gasteiger partial charge is 0.288 e. The Morgan fingerprint density at radius 3 is 2.57 bits per heavy atom. The summed E-state index contributed by atoms with van der Waals surface area (Å²) in [6.45, 7) is 0.618. The number of pyridine rings is 1. The molecule has 0 spiro atoms. The van der Waals surface area contributed by atoms with E-state index in [2.05, 4.69) is 10.3 Å². The molecule has 0 unspecified atom stereocenters. The summed E-state index contributed by atoms with van der Waals surface area (Å²) in [4.78, 5) is 26.0. The first-order chi connectivity index (χ1) is 10.1. The van der Waals surface area contributed by atoms with Crippen LogP contribution in [0.5, 0.6) is 0 Å². The molecule has 0 aromatic carbocycles. The van der Waals surface area contributed by atoms with E-state index in [0.717, 1.165) is 18.0 Å². The van der Waals surface area contributed by atoms with Crippen molar-refractivity contribution in [3.8, 4) is 0 Å². The molecule has 112 valence electrons. The van der Waals surface area contributed by atoms with E-state index >= 15 is 0 Å². The largest absolute Gasteiger partial charge is 0.352 e. The van der Waals surface area contributed by atoms with Crippen LogP contribution in [0.1, 0.15) is 36.0 Å². The molecule has 1 aromatic heterocycles. The van der Waals surface area contributed by atoms with E-state index in [1.165, 1.54) is 31.7 Å². The minimum absolute atomic E-state index is 0.00695. The van der Waals surface area contributed by atoms with Crippen molar-refractivity contribution in [2.45, 2.75) is 25.7 Å². The number of amides is 1. The van der Waals surface area contributed by atoms with Gasteiger partial charge in [0.25, 0.3) is 11.6 Å². The van der Waals surface area contributed by atoms with Crippen molar-refractivity contribution < 1.29 is 9.72 Å². The van der Waals surface area contributed by atoms with Crippen LogP contribution in [0, 0.1) is 27.9 Å². The third kappa shape index (κ3) is 3.32. The Hall–Kier alpha value is -1.69. The van der Waals surface area contributed by atoms with E-state index < -0.39 is 4.92 Å². The molecular formula is C14H16ClN3O3. The number of carbonyl (C=O) groups excluding carboxylic acids is 1. The SMILES string of the molecule is O=C(NCC(C1CC1)C1CC1)c1cc([N+](=O)[O-])cnc1Cl. The number of hydrogen-bond donors (Lipinski definition) is 1. The molecule has 1 N–H and O–H groups in total. The Kier molecular flexibility index (Phi) is 3.80. The molecule has 0 atom stereocenters. The summed E-state index contributed by atoms with van der Waals surface area (Å²) in [5, 5.41) is 13.6. The van der Waals surface area contributed by atoms with Gasteiger partial charge in [-0.05, 0) is 43.4 Å². The molecule has 1 amide bonds. The number of hydrogen-bond acceptors (Lipinski definition) is 4. The molecule has 0 saturated heterocycles. The lowest BCUT2D eigenvalue weighted by Crippen LogP contribution is -2.31. The van der Waals surface area contributed by atoms with Gasteiger partial charge in [0.2, 0.25) is 0 Å². The Morgan fingerprint density at radius 1 is 1.43 bits per heavy atom. The highest BCUT2D eigenvalue weighted by atomic mass is 35.5. The van der Waals surface area contributed by atoms with Crippen LogP contribution in [0.4, 0.5) is 5.69 Å². The molecule has 2 aliphatic carbocycles. The fourth-order valence-corrected chi connectivity index (χ4v) is 2.96. The zero-order chi connectivity index (χ0) is 15.0. The van der Waals surface area contributed by atoms with Crippen molar-refractivity contribution >= 4 is 23.2 Å². The van der Waals surface area contributed by atoms with Crippen LogP contribution in [0.2, 0.25) is 5.15 Å². The highest BCUT2D eigenvalue weighted by Gasteiger charge is 2.41. The van der Waals surface area contributed by atoms with E-state index in [0.29, 0.717) is 12.5 Å². The van der Waals surface area contributed by atoms with Crippen LogP contribution in [0.15, 0.2) is 12.3 Å². The van der Waals surface area contributed by atoms with Crippen LogP contribution in [0.25, 0.3) is 0 Å². The molecule has 1 aromatic rings. The van der Waals surface area contributed by atoms with Crippen LogP contribution in [-0.2, 0) is 0 Å². The number of halogens is 1. The fraction of sp³-hybridized carbons (Fsp3) is 0.571. The van der Waals surface area contributed by atoms with Crippen LogP contribution in [0.3, 0.4) is 0 Å². The van der Waals surface area contributed by atoms with Gasteiger partial charge in [0.1, 0.15) is 11.3 Å². The number of carbonyl (C=O) groups is 1. The number of nitro groups is 1. The lowest BCUT2D eigenvalue weighted by molar-refractivity contribution is -0.385. The van der Waals surface area contributed by atoms with E-state index in [-0.39, 0.29) is 22.3 Å². The normalized spacial score (nSPS) is 17.8. The predicted octanol–water partition coefficient (Wildman–Crippen LogP) is 2.81. The lowest BCUT2D eigenvalue weighted by atomic mass is 9.98. The van der Waals surface area contributed by atoms with E-state index in [1.807, 2.05) is 0 Å². The first kappa shape index (κ1) is 14.3. The van der Waals surface area contributed by atoms with Gasteiger partial charge in [-0.15, -0.1) is 0 Å². The first-order valence-electron chi connectivity index (χ1n) is 7.14. The summed E-state index contributed by atoms with van der Waals surface area (Å²) in [5.41, 5.74) is -0.165. The molecule has 21 heavy (non-hydrogen) atoms. The molecule has 3 rings (SSSR count). The van der Waals surface area contributed by atoms with E-state index in [1.54, 1.807) is 0 Å². The number of nitrogens with zero attached hydrogens (tertiary/aromatic N) is 2. The van der Waals surface area contributed by atoms with Crippen LogP contribution in [-0.4, -0.2) is 22.4 Å². The van der Waals surface area contributed by atoms with Gasteiger partial charge in [0.15, 0.2) is 0 Å². The fourth-order valence-electron chi connectivity index (χ4n) is 2.77. The number of rotatable bonds is 6. The average Bonchev–Trinajstić information content (AvgIpc) is 3.32. The second-order valence-electron chi connectivity index (χ2n) is 5.84. The summed E-state index contributed by atoms with van der Waals surface area (Å²) >= 11 is 5.87. The minimum Gasteiger partial charge on any atom is -0.352 e. The van der Waals surface area contributed by atoms with Crippen molar-refractivity contribution in [1.29, 1.82) is 0 Å². The zero-order valence-corrected chi connectivity index (χ0v) is 12.2. The van der Waals surface area contributed by atoms with Gasteiger partial charge < -0.3 is 5.32 Å². The van der Waals surface area contributed by atoms with Crippen molar-refractivity contribution in [2.24, 2.45) is 17.8 Å². The highest BCUT2D eigenvalue weighted by molar-refractivity contribution is 6.32. The van der Waals surface area contributed by atoms with Crippen LogP contribution < -0.4 is 5.32 Å². The highest BCUT2D eigenvalue weighted by Crippen LogP contribution is 2.48. The van der Waals surface area contributed by atoms with Crippen molar-refractivity contribution in [3.05, 3.63) is 33.1 Å². The van der Waals surface area contributed by atoms with Gasteiger partial charge in [0, 0.05) is 12.6 Å². The molecule has 2 saturated carbocycles. The molecule has 0 radical (unpaired) electrons. The summed E-state index contributed by atoms with van der Waals surface area (Å²) < 4.78 is 0. The first-order valence-corrected chi connectivity index (χ1v) is 7.52. The maximum atomic E-state index is 12.2. The van der Waals surface area contributed by atoms with Crippen molar-refractivity contribution in [3.63, 3.8) is 0 Å². The quantitative estimate of drug-likeness (QED) is 0.497. The second kappa shape index (κ2) is 5.60. The summed E-state index contributed by atoms with van der Waals surface area (Å²) in [6, 6.07) is 1.17. The van der Waals surface area contributed by atoms with Gasteiger partial charge in [-0.1, -0.05) is 11.6 Å². The Balaban J connectivity index is 1.66. The molecule has 0 bridgehead atoms. The molecule has 7 heteroatoms. The van der Waals surface area contributed by atoms with Crippen LogP contribution >= 0.6 is 11.6 Å². The van der Waals surface area contributed by atoms with E-state index in [4.69, 9.17) is 11.6 Å². The van der Waals surface area contributed by atoms with E-state index in [9.17, 15) is 14.9 Å². The maximum absolute atomic E-state index is 12.2. The predicted molar refractivity (Wildman–Crippen MR) is 77.2 cm³/mol. The summed E-state index contributed by atoms with van der Waals surface area (Å²) in [6.07, 6.45) is 6.04. The third-order valence-corrected chi connectivity index (χ3v) is 4.53. The van der Waals surface area contributed by atoms with Gasteiger partial charge in [-0.2, -0.15) is 0 Å². The molecular weight excluding hydrogens is 294 g/mol. The average molecular weight is 310 g/mol. The Labute approximate surface area is 127 Å².